The Bertz CT molecular complexity index is 509. The molecule has 0 aliphatic carbocycles. The Morgan fingerprint density at radius 1 is 1.31 bits per heavy atom. The summed E-state index contributed by atoms with van der Waals surface area (Å²) in [5.41, 5.74) is 7.23. The minimum Gasteiger partial charge on any atom is -0.320 e. The number of hydrogen-bond donors (Lipinski definition) is 1. The molecule has 0 spiro atoms. The molecule has 0 amide bonds. The third kappa shape index (κ3) is 2.19. The van der Waals surface area contributed by atoms with Crippen molar-refractivity contribution < 1.29 is 4.39 Å². The molecular formula is C12H11BrFNS. The first-order valence-corrected chi connectivity index (χ1v) is 6.46. The molecule has 1 heterocycles. The Morgan fingerprint density at radius 3 is 2.69 bits per heavy atom. The zero-order valence-electron chi connectivity index (χ0n) is 8.71. The molecule has 0 aliphatic rings. The fourth-order valence-electron chi connectivity index (χ4n) is 1.56. The molecule has 1 unspecified atom stereocenters. The van der Waals surface area contributed by atoms with Crippen molar-refractivity contribution in [3.63, 3.8) is 0 Å². The van der Waals surface area contributed by atoms with Gasteiger partial charge in [-0.1, -0.05) is 18.2 Å². The van der Waals surface area contributed by atoms with Gasteiger partial charge in [-0.2, -0.15) is 0 Å². The Balaban J connectivity index is 2.41. The lowest BCUT2D eigenvalue weighted by atomic mass is 10.0. The van der Waals surface area contributed by atoms with E-state index in [-0.39, 0.29) is 5.82 Å². The SMILES string of the molecule is Cc1cccc(C(N)c2ccc(Br)s2)c1F. The molecule has 84 valence electrons. The van der Waals surface area contributed by atoms with Crippen LogP contribution < -0.4 is 5.73 Å². The first-order valence-electron chi connectivity index (χ1n) is 4.85. The standard InChI is InChI=1S/C12H11BrFNS/c1-7-3-2-4-8(11(7)14)12(15)9-5-6-10(13)16-9/h2-6,12H,15H2,1H3. The molecule has 1 atom stereocenters. The predicted molar refractivity (Wildman–Crippen MR) is 69.2 cm³/mol. The Kier molecular flexibility index (Phi) is 3.42. The minimum atomic E-state index is -0.392. The van der Waals surface area contributed by atoms with E-state index < -0.39 is 6.04 Å². The molecule has 1 aromatic carbocycles. The number of hydrogen-bond acceptors (Lipinski definition) is 2. The topological polar surface area (TPSA) is 26.0 Å². The van der Waals surface area contributed by atoms with Crippen LogP contribution in [0.1, 0.15) is 22.0 Å². The summed E-state index contributed by atoms with van der Waals surface area (Å²) in [6.07, 6.45) is 0. The summed E-state index contributed by atoms with van der Waals surface area (Å²) < 4.78 is 14.9. The summed E-state index contributed by atoms with van der Waals surface area (Å²) in [5.74, 6) is -0.209. The maximum atomic E-state index is 13.9. The van der Waals surface area contributed by atoms with Gasteiger partial charge in [0.05, 0.1) is 9.83 Å². The quantitative estimate of drug-likeness (QED) is 0.891. The minimum absolute atomic E-state index is 0.209. The highest BCUT2D eigenvalue weighted by Gasteiger charge is 2.16. The van der Waals surface area contributed by atoms with Gasteiger partial charge < -0.3 is 5.73 Å². The highest BCUT2D eigenvalue weighted by molar-refractivity contribution is 9.11. The van der Waals surface area contributed by atoms with Gasteiger partial charge >= 0.3 is 0 Å². The van der Waals surface area contributed by atoms with E-state index in [0.29, 0.717) is 11.1 Å². The van der Waals surface area contributed by atoms with Crippen LogP contribution in [0.2, 0.25) is 0 Å². The van der Waals surface area contributed by atoms with Crippen LogP contribution in [0, 0.1) is 12.7 Å². The fraction of sp³-hybridized carbons (Fsp3) is 0.167. The first kappa shape index (κ1) is 11.8. The number of rotatable bonds is 2. The van der Waals surface area contributed by atoms with Gasteiger partial charge in [0.25, 0.3) is 0 Å². The molecule has 1 aromatic heterocycles. The van der Waals surface area contributed by atoms with Crippen molar-refractivity contribution in [2.45, 2.75) is 13.0 Å². The van der Waals surface area contributed by atoms with Crippen LogP contribution in [-0.2, 0) is 0 Å². The smallest absolute Gasteiger partial charge is 0.131 e. The Labute approximate surface area is 106 Å². The second-order valence-electron chi connectivity index (χ2n) is 3.60. The summed E-state index contributed by atoms with van der Waals surface area (Å²) in [6.45, 7) is 1.75. The number of benzene rings is 1. The molecule has 0 saturated heterocycles. The van der Waals surface area contributed by atoms with Crippen molar-refractivity contribution in [1.82, 2.24) is 0 Å². The summed E-state index contributed by atoms with van der Waals surface area (Å²) in [4.78, 5) is 0.955. The van der Waals surface area contributed by atoms with E-state index in [2.05, 4.69) is 15.9 Å². The van der Waals surface area contributed by atoms with E-state index in [4.69, 9.17) is 5.73 Å². The van der Waals surface area contributed by atoms with Crippen LogP contribution in [0.15, 0.2) is 34.1 Å². The van der Waals surface area contributed by atoms with E-state index in [1.165, 1.54) is 11.3 Å². The zero-order chi connectivity index (χ0) is 11.7. The van der Waals surface area contributed by atoms with Crippen molar-refractivity contribution in [1.29, 1.82) is 0 Å². The molecule has 4 heteroatoms. The largest absolute Gasteiger partial charge is 0.320 e. The molecule has 0 saturated carbocycles. The predicted octanol–water partition coefficient (Wildman–Crippen LogP) is 4.01. The number of nitrogens with two attached hydrogens (primary N) is 1. The molecule has 0 radical (unpaired) electrons. The summed E-state index contributed by atoms with van der Waals surface area (Å²) >= 11 is 4.91. The van der Waals surface area contributed by atoms with E-state index in [1.54, 1.807) is 19.1 Å². The lowest BCUT2D eigenvalue weighted by molar-refractivity contribution is 0.592. The number of thiophene rings is 1. The third-order valence-corrected chi connectivity index (χ3v) is 4.16. The van der Waals surface area contributed by atoms with Gasteiger partial charge in [0, 0.05) is 10.4 Å². The second kappa shape index (κ2) is 4.65. The molecule has 0 bridgehead atoms. The zero-order valence-corrected chi connectivity index (χ0v) is 11.1. The molecular weight excluding hydrogens is 289 g/mol. The molecule has 2 rings (SSSR count). The Morgan fingerprint density at radius 2 is 2.06 bits per heavy atom. The monoisotopic (exact) mass is 299 g/mol. The van der Waals surface area contributed by atoms with E-state index in [1.807, 2.05) is 18.2 Å². The van der Waals surface area contributed by atoms with Gasteiger partial charge in [-0.3, -0.25) is 0 Å². The Hall–Kier alpha value is -0.710. The van der Waals surface area contributed by atoms with Crippen molar-refractivity contribution in [3.8, 4) is 0 Å². The molecule has 2 N–H and O–H groups in total. The number of aryl methyl sites for hydroxylation is 1. The van der Waals surface area contributed by atoms with Gasteiger partial charge in [-0.25, -0.2) is 4.39 Å². The number of halogens is 2. The highest BCUT2D eigenvalue weighted by atomic mass is 79.9. The van der Waals surface area contributed by atoms with Gasteiger partial charge in [0.15, 0.2) is 0 Å². The molecule has 16 heavy (non-hydrogen) atoms. The maximum absolute atomic E-state index is 13.9. The van der Waals surface area contributed by atoms with Crippen LogP contribution in [0.5, 0.6) is 0 Å². The van der Waals surface area contributed by atoms with Crippen LogP contribution in [-0.4, -0.2) is 0 Å². The van der Waals surface area contributed by atoms with Gasteiger partial charge in [-0.05, 0) is 40.5 Å². The van der Waals surface area contributed by atoms with Gasteiger partial charge in [0.1, 0.15) is 5.82 Å². The molecule has 1 nitrogen and oxygen atoms in total. The average Bonchev–Trinajstić information content (AvgIpc) is 2.68. The summed E-state index contributed by atoms with van der Waals surface area (Å²) in [6, 6.07) is 8.76. The first-order chi connectivity index (χ1) is 7.59. The van der Waals surface area contributed by atoms with Crippen molar-refractivity contribution >= 4 is 27.3 Å². The fourth-order valence-corrected chi connectivity index (χ4v) is 3.00. The average molecular weight is 300 g/mol. The lowest BCUT2D eigenvalue weighted by Crippen LogP contribution is -2.12. The van der Waals surface area contributed by atoms with Crippen LogP contribution >= 0.6 is 27.3 Å². The van der Waals surface area contributed by atoms with Gasteiger partial charge in [0.2, 0.25) is 0 Å². The molecule has 2 aromatic rings. The second-order valence-corrected chi connectivity index (χ2v) is 6.09. The third-order valence-electron chi connectivity index (χ3n) is 2.46. The molecule has 0 fully saturated rings. The van der Waals surface area contributed by atoms with Crippen molar-refractivity contribution in [2.75, 3.05) is 0 Å². The van der Waals surface area contributed by atoms with E-state index in [9.17, 15) is 4.39 Å². The summed E-state index contributed by atoms with van der Waals surface area (Å²) in [7, 11) is 0. The molecule has 0 aliphatic heterocycles. The maximum Gasteiger partial charge on any atom is 0.131 e. The normalized spacial score (nSPS) is 12.8. The highest BCUT2D eigenvalue weighted by Crippen LogP contribution is 2.31. The van der Waals surface area contributed by atoms with Gasteiger partial charge in [-0.15, -0.1) is 11.3 Å². The summed E-state index contributed by atoms with van der Waals surface area (Å²) in [5, 5.41) is 0. The lowest BCUT2D eigenvalue weighted by Gasteiger charge is -2.12. The van der Waals surface area contributed by atoms with Crippen LogP contribution in [0.25, 0.3) is 0 Å². The van der Waals surface area contributed by atoms with Crippen LogP contribution in [0.4, 0.5) is 4.39 Å². The van der Waals surface area contributed by atoms with E-state index in [0.717, 1.165) is 8.66 Å². The van der Waals surface area contributed by atoms with E-state index >= 15 is 0 Å². The van der Waals surface area contributed by atoms with Crippen molar-refractivity contribution in [3.05, 3.63) is 55.9 Å². The van der Waals surface area contributed by atoms with Crippen LogP contribution in [0.3, 0.4) is 0 Å². The van der Waals surface area contributed by atoms with Crippen molar-refractivity contribution in [2.24, 2.45) is 5.73 Å².